The van der Waals surface area contributed by atoms with Crippen molar-refractivity contribution >= 4 is 23.0 Å². The number of fused-ring (bicyclic) bond motifs is 1. The van der Waals surface area contributed by atoms with Gasteiger partial charge in [0.25, 0.3) is 17.5 Å². The molecule has 0 bridgehead atoms. The number of nitrogens with zero attached hydrogens (tertiary/aromatic N) is 3. The SMILES string of the molecule is CC(=O)n1c[n+](Cc2ccccc2)c2c(=O)[nH]c(N)nc21. The number of nitrogens with one attached hydrogen (secondary N) is 1. The molecule has 7 heteroatoms. The molecule has 0 fully saturated rings. The summed E-state index contributed by atoms with van der Waals surface area (Å²) in [6.45, 7) is 1.87. The highest BCUT2D eigenvalue weighted by molar-refractivity contribution is 5.85. The maximum Gasteiger partial charge on any atom is 0.312 e. The van der Waals surface area contributed by atoms with E-state index in [-0.39, 0.29) is 23.1 Å². The van der Waals surface area contributed by atoms with E-state index in [0.717, 1.165) is 5.56 Å². The van der Waals surface area contributed by atoms with E-state index < -0.39 is 0 Å². The lowest BCUT2D eigenvalue weighted by Gasteiger charge is -1.97. The number of anilines is 1. The Morgan fingerprint density at radius 3 is 2.76 bits per heavy atom. The lowest BCUT2D eigenvalue weighted by atomic mass is 10.2. The maximum atomic E-state index is 12.1. The monoisotopic (exact) mass is 284 g/mol. The Morgan fingerprint density at radius 2 is 2.10 bits per heavy atom. The molecule has 3 N–H and O–H groups in total. The van der Waals surface area contributed by atoms with Gasteiger partial charge in [0.1, 0.15) is 6.54 Å². The molecular formula is C14H14N5O2+. The zero-order chi connectivity index (χ0) is 15.0. The number of nitrogen functional groups attached to an aromatic ring is 1. The van der Waals surface area contributed by atoms with Crippen molar-refractivity contribution in [3.63, 3.8) is 0 Å². The number of aromatic nitrogens is 4. The summed E-state index contributed by atoms with van der Waals surface area (Å²) in [4.78, 5) is 30.4. The van der Waals surface area contributed by atoms with Crippen LogP contribution in [0.3, 0.4) is 0 Å². The van der Waals surface area contributed by atoms with E-state index in [4.69, 9.17) is 5.73 Å². The molecule has 0 aliphatic rings. The molecule has 21 heavy (non-hydrogen) atoms. The van der Waals surface area contributed by atoms with Crippen molar-refractivity contribution in [3.8, 4) is 0 Å². The summed E-state index contributed by atoms with van der Waals surface area (Å²) >= 11 is 0. The summed E-state index contributed by atoms with van der Waals surface area (Å²) in [5.74, 6) is -0.246. The molecular weight excluding hydrogens is 270 g/mol. The van der Waals surface area contributed by atoms with E-state index in [1.807, 2.05) is 30.3 Å². The van der Waals surface area contributed by atoms with E-state index in [9.17, 15) is 9.59 Å². The summed E-state index contributed by atoms with van der Waals surface area (Å²) in [7, 11) is 0. The molecule has 0 spiro atoms. The highest BCUT2D eigenvalue weighted by atomic mass is 16.2. The Labute approximate surface area is 119 Å². The molecule has 2 heterocycles. The maximum absolute atomic E-state index is 12.1. The van der Waals surface area contributed by atoms with Crippen molar-refractivity contribution in [1.82, 2.24) is 14.5 Å². The van der Waals surface area contributed by atoms with Gasteiger partial charge in [-0.2, -0.15) is 4.98 Å². The minimum Gasteiger partial charge on any atom is -0.369 e. The summed E-state index contributed by atoms with van der Waals surface area (Å²) in [5.41, 5.74) is 6.79. The van der Waals surface area contributed by atoms with Crippen LogP contribution in [0.25, 0.3) is 11.2 Å². The lowest BCUT2D eigenvalue weighted by molar-refractivity contribution is -0.663. The molecule has 0 amide bonds. The average molecular weight is 284 g/mol. The normalized spacial score (nSPS) is 10.9. The number of nitrogens with two attached hydrogens (primary N) is 1. The van der Waals surface area contributed by atoms with Crippen LogP contribution in [0, 0.1) is 0 Å². The molecule has 0 radical (unpaired) electrons. The predicted molar refractivity (Wildman–Crippen MR) is 76.8 cm³/mol. The van der Waals surface area contributed by atoms with Gasteiger partial charge >= 0.3 is 11.5 Å². The topological polar surface area (TPSA) is 97.7 Å². The van der Waals surface area contributed by atoms with Crippen LogP contribution in [0.2, 0.25) is 0 Å². The predicted octanol–water partition coefficient (Wildman–Crippen LogP) is 0.303. The molecule has 106 valence electrons. The molecule has 3 aromatic rings. The number of aromatic amines is 1. The van der Waals surface area contributed by atoms with Crippen molar-refractivity contribution < 1.29 is 9.36 Å². The molecule has 7 nitrogen and oxygen atoms in total. The minimum absolute atomic E-state index is 0.0139. The van der Waals surface area contributed by atoms with Crippen molar-refractivity contribution in [2.24, 2.45) is 0 Å². The number of hydrogen-bond donors (Lipinski definition) is 2. The van der Waals surface area contributed by atoms with Crippen LogP contribution in [-0.4, -0.2) is 20.4 Å². The number of rotatable bonds is 2. The largest absolute Gasteiger partial charge is 0.369 e. The molecule has 1 aromatic carbocycles. The molecule has 3 rings (SSSR count). The summed E-state index contributed by atoms with van der Waals surface area (Å²) < 4.78 is 3.02. The van der Waals surface area contributed by atoms with Crippen molar-refractivity contribution in [3.05, 3.63) is 52.6 Å². The first-order valence-corrected chi connectivity index (χ1v) is 6.41. The van der Waals surface area contributed by atoms with Gasteiger partial charge in [0.2, 0.25) is 5.95 Å². The van der Waals surface area contributed by atoms with Crippen LogP contribution in [0.15, 0.2) is 41.5 Å². The van der Waals surface area contributed by atoms with Gasteiger partial charge in [0, 0.05) is 6.92 Å². The standard InChI is InChI=1S/C14H13N5O2/c1-9(20)19-8-18(7-10-5-3-2-4-6-10)11-12(19)16-14(15)17-13(11)21/h2-6,8H,7H2,1H3,(H2-,15,16,17,21)/p+1. The van der Waals surface area contributed by atoms with Crippen molar-refractivity contribution in [2.45, 2.75) is 13.5 Å². The molecule has 0 atom stereocenters. The fraction of sp³-hybridized carbons (Fsp3) is 0.143. The molecule has 0 aliphatic carbocycles. The van der Waals surface area contributed by atoms with Crippen LogP contribution < -0.4 is 15.9 Å². The summed E-state index contributed by atoms with van der Waals surface area (Å²) in [5, 5.41) is 0. The first-order valence-electron chi connectivity index (χ1n) is 6.41. The second kappa shape index (κ2) is 4.86. The first-order chi connectivity index (χ1) is 10.1. The van der Waals surface area contributed by atoms with E-state index >= 15 is 0 Å². The zero-order valence-electron chi connectivity index (χ0n) is 11.4. The number of benzene rings is 1. The fourth-order valence-corrected chi connectivity index (χ4v) is 2.28. The number of carbonyl (C=O) groups is 1. The van der Waals surface area contributed by atoms with Crippen molar-refractivity contribution in [1.29, 1.82) is 0 Å². The molecule has 0 unspecified atom stereocenters. The van der Waals surface area contributed by atoms with Gasteiger partial charge in [0.05, 0.1) is 0 Å². The average Bonchev–Trinajstić information content (AvgIpc) is 2.79. The van der Waals surface area contributed by atoms with Crippen LogP contribution in [0.4, 0.5) is 5.95 Å². The van der Waals surface area contributed by atoms with Crippen LogP contribution >= 0.6 is 0 Å². The number of H-pyrrole nitrogens is 1. The smallest absolute Gasteiger partial charge is 0.312 e. The summed E-state index contributed by atoms with van der Waals surface area (Å²) in [6.07, 6.45) is 1.57. The second-order valence-corrected chi connectivity index (χ2v) is 4.74. The fourth-order valence-electron chi connectivity index (χ4n) is 2.28. The third kappa shape index (κ3) is 2.29. The highest BCUT2D eigenvalue weighted by Crippen LogP contribution is 2.07. The van der Waals surface area contributed by atoms with Crippen molar-refractivity contribution in [2.75, 3.05) is 5.73 Å². The Kier molecular flexibility index (Phi) is 3.02. The number of hydrogen-bond acceptors (Lipinski definition) is 4. The summed E-state index contributed by atoms with van der Waals surface area (Å²) in [6, 6.07) is 9.65. The number of imidazole rings is 1. The van der Waals surface area contributed by atoms with Crippen LogP contribution in [-0.2, 0) is 6.54 Å². The molecule has 0 aliphatic heterocycles. The Bertz CT molecular complexity index is 880. The molecule has 2 aromatic heterocycles. The van der Waals surface area contributed by atoms with E-state index in [1.54, 1.807) is 10.9 Å². The third-order valence-electron chi connectivity index (χ3n) is 3.20. The molecule has 0 saturated heterocycles. The first kappa shape index (κ1) is 13.0. The molecule has 0 saturated carbocycles. The van der Waals surface area contributed by atoms with Crippen LogP contribution in [0.1, 0.15) is 17.3 Å². The third-order valence-corrected chi connectivity index (χ3v) is 3.20. The highest BCUT2D eigenvalue weighted by Gasteiger charge is 2.24. The van der Waals surface area contributed by atoms with E-state index in [0.29, 0.717) is 12.1 Å². The Morgan fingerprint density at radius 1 is 1.38 bits per heavy atom. The minimum atomic E-state index is -0.367. The van der Waals surface area contributed by atoms with Gasteiger partial charge in [-0.1, -0.05) is 30.3 Å². The van der Waals surface area contributed by atoms with Crippen LogP contribution in [0.5, 0.6) is 0 Å². The van der Waals surface area contributed by atoms with Gasteiger partial charge in [-0.05, 0) is 5.56 Å². The Balaban J connectivity index is 2.24. The van der Waals surface area contributed by atoms with Gasteiger partial charge in [0.15, 0.2) is 0 Å². The number of carbonyl (C=O) groups excluding carboxylic acids is 1. The van der Waals surface area contributed by atoms with Gasteiger partial charge in [-0.3, -0.25) is 9.78 Å². The second-order valence-electron chi connectivity index (χ2n) is 4.74. The Hall–Kier alpha value is -2.96. The lowest BCUT2D eigenvalue weighted by Crippen LogP contribution is -2.37. The van der Waals surface area contributed by atoms with Gasteiger partial charge < -0.3 is 5.73 Å². The van der Waals surface area contributed by atoms with E-state index in [2.05, 4.69) is 9.97 Å². The van der Waals surface area contributed by atoms with E-state index in [1.165, 1.54) is 11.5 Å². The quantitative estimate of drug-likeness (QED) is 0.661. The van der Waals surface area contributed by atoms with Gasteiger partial charge in [-0.25, -0.2) is 9.36 Å². The van der Waals surface area contributed by atoms with Gasteiger partial charge in [-0.15, -0.1) is 4.57 Å². The zero-order valence-corrected chi connectivity index (χ0v) is 11.4.